The molecule has 1 N–H and O–H groups in total. The summed E-state index contributed by atoms with van der Waals surface area (Å²) in [6.45, 7) is 9.56. The highest BCUT2D eigenvalue weighted by Crippen LogP contribution is 2.34. The highest BCUT2D eigenvalue weighted by molar-refractivity contribution is 5.97. The van der Waals surface area contributed by atoms with Gasteiger partial charge in [0, 0.05) is 12.1 Å². The fraction of sp³-hybridized carbons (Fsp3) is 0.257. The van der Waals surface area contributed by atoms with Gasteiger partial charge in [-0.3, -0.25) is 4.79 Å². The van der Waals surface area contributed by atoms with Gasteiger partial charge in [0.2, 0.25) is 0 Å². The predicted molar refractivity (Wildman–Crippen MR) is 162 cm³/mol. The number of hydrogen-bond acceptors (Lipinski definition) is 5. The minimum Gasteiger partial charge on any atom is -0.490 e. The van der Waals surface area contributed by atoms with Gasteiger partial charge in [-0.2, -0.15) is 0 Å². The zero-order chi connectivity index (χ0) is 29.0. The van der Waals surface area contributed by atoms with Crippen molar-refractivity contribution in [2.45, 2.75) is 45.9 Å². The van der Waals surface area contributed by atoms with Crippen molar-refractivity contribution in [1.82, 2.24) is 5.32 Å². The van der Waals surface area contributed by atoms with Crippen LogP contribution in [0.25, 0.3) is 11.1 Å². The Morgan fingerprint density at radius 3 is 2.37 bits per heavy atom. The van der Waals surface area contributed by atoms with Crippen LogP contribution in [0.3, 0.4) is 0 Å². The summed E-state index contributed by atoms with van der Waals surface area (Å²) in [5.41, 5.74) is 5.51. The molecule has 0 radical (unpaired) electrons. The van der Waals surface area contributed by atoms with Crippen LogP contribution in [-0.2, 0) is 11.3 Å². The Morgan fingerprint density at radius 2 is 1.63 bits per heavy atom. The first-order chi connectivity index (χ1) is 19.7. The SMILES string of the molecule is CC(NC(=O)c1ccc2c(c1)OCCN2Cc1ccc(-c2ccccc2C(=O)OC(C)(C)C)cc1)c1ccccc1. The molecule has 1 heterocycles. The second kappa shape index (κ2) is 11.9. The van der Waals surface area contributed by atoms with E-state index in [0.29, 0.717) is 30.0 Å². The molecule has 4 aromatic rings. The van der Waals surface area contributed by atoms with E-state index in [0.717, 1.165) is 34.5 Å². The van der Waals surface area contributed by atoms with Gasteiger partial charge in [-0.25, -0.2) is 4.79 Å². The van der Waals surface area contributed by atoms with Crippen LogP contribution in [0, 0.1) is 0 Å². The standard InChI is InChI=1S/C35H36N2O4/c1-24(26-10-6-5-7-11-26)36-33(38)28-18-19-31-32(22-28)40-21-20-37(31)23-25-14-16-27(17-15-25)29-12-8-9-13-30(29)34(39)41-35(2,3)4/h5-19,22,24H,20-21,23H2,1-4H3,(H,36,38). The summed E-state index contributed by atoms with van der Waals surface area (Å²) in [6.07, 6.45) is 0. The Morgan fingerprint density at radius 1 is 0.927 bits per heavy atom. The summed E-state index contributed by atoms with van der Waals surface area (Å²) in [7, 11) is 0. The van der Waals surface area contributed by atoms with Crippen molar-refractivity contribution in [2.75, 3.05) is 18.1 Å². The summed E-state index contributed by atoms with van der Waals surface area (Å²) in [5.74, 6) is 0.246. The monoisotopic (exact) mass is 548 g/mol. The maximum atomic E-state index is 13.0. The van der Waals surface area contributed by atoms with Crippen LogP contribution in [-0.4, -0.2) is 30.6 Å². The molecule has 5 rings (SSSR count). The van der Waals surface area contributed by atoms with Crippen LogP contribution in [0.5, 0.6) is 5.75 Å². The van der Waals surface area contributed by atoms with Crippen LogP contribution >= 0.6 is 0 Å². The molecule has 1 unspecified atom stereocenters. The third-order valence-electron chi connectivity index (χ3n) is 7.01. The highest BCUT2D eigenvalue weighted by Gasteiger charge is 2.22. The molecule has 4 aromatic carbocycles. The molecule has 41 heavy (non-hydrogen) atoms. The van der Waals surface area contributed by atoms with E-state index in [-0.39, 0.29) is 17.9 Å². The van der Waals surface area contributed by atoms with Crippen molar-refractivity contribution in [1.29, 1.82) is 0 Å². The lowest BCUT2D eigenvalue weighted by Gasteiger charge is -2.31. The van der Waals surface area contributed by atoms with Crippen LogP contribution in [0.4, 0.5) is 5.69 Å². The maximum absolute atomic E-state index is 13.0. The van der Waals surface area contributed by atoms with Gasteiger partial charge in [-0.1, -0.05) is 72.8 Å². The van der Waals surface area contributed by atoms with Gasteiger partial charge >= 0.3 is 5.97 Å². The van der Waals surface area contributed by atoms with E-state index >= 15 is 0 Å². The third-order valence-corrected chi connectivity index (χ3v) is 7.01. The van der Waals surface area contributed by atoms with Crippen LogP contribution in [0.1, 0.15) is 65.6 Å². The average molecular weight is 549 g/mol. The van der Waals surface area contributed by atoms with Crippen molar-refractivity contribution >= 4 is 17.6 Å². The lowest BCUT2D eigenvalue weighted by Crippen LogP contribution is -2.32. The molecule has 6 nitrogen and oxygen atoms in total. The molecule has 1 amide bonds. The Labute approximate surface area is 241 Å². The smallest absolute Gasteiger partial charge is 0.339 e. The van der Waals surface area contributed by atoms with Crippen LogP contribution in [0.15, 0.2) is 97.1 Å². The van der Waals surface area contributed by atoms with Crippen molar-refractivity contribution in [3.63, 3.8) is 0 Å². The molecule has 210 valence electrons. The van der Waals surface area contributed by atoms with E-state index in [4.69, 9.17) is 9.47 Å². The van der Waals surface area contributed by atoms with Crippen molar-refractivity contribution < 1.29 is 19.1 Å². The number of rotatable bonds is 7. The summed E-state index contributed by atoms with van der Waals surface area (Å²) in [5, 5.41) is 3.07. The van der Waals surface area contributed by atoms with Gasteiger partial charge in [0.25, 0.3) is 5.91 Å². The molecular weight excluding hydrogens is 512 g/mol. The number of hydrogen-bond donors (Lipinski definition) is 1. The summed E-state index contributed by atoms with van der Waals surface area (Å²) in [6, 6.07) is 31.2. The highest BCUT2D eigenvalue weighted by atomic mass is 16.6. The van der Waals surface area contributed by atoms with E-state index < -0.39 is 5.60 Å². The zero-order valence-corrected chi connectivity index (χ0v) is 24.0. The van der Waals surface area contributed by atoms with Crippen molar-refractivity contribution in [3.05, 3.63) is 119 Å². The molecule has 1 aliphatic heterocycles. The first-order valence-electron chi connectivity index (χ1n) is 14.0. The van der Waals surface area contributed by atoms with Crippen LogP contribution < -0.4 is 15.0 Å². The van der Waals surface area contributed by atoms with Crippen molar-refractivity contribution in [3.8, 4) is 16.9 Å². The maximum Gasteiger partial charge on any atom is 0.339 e. The number of anilines is 1. The van der Waals surface area contributed by atoms with E-state index in [1.165, 1.54) is 0 Å². The summed E-state index contributed by atoms with van der Waals surface area (Å²) >= 11 is 0. The number of carbonyl (C=O) groups is 2. The number of benzene rings is 4. The number of nitrogens with zero attached hydrogens (tertiary/aromatic N) is 1. The molecule has 1 atom stereocenters. The molecule has 0 spiro atoms. The second-order valence-corrected chi connectivity index (χ2v) is 11.3. The molecule has 6 heteroatoms. The molecule has 0 fully saturated rings. The van der Waals surface area contributed by atoms with Gasteiger partial charge in [0.15, 0.2) is 0 Å². The largest absolute Gasteiger partial charge is 0.490 e. The number of amides is 1. The predicted octanol–water partition coefficient (Wildman–Crippen LogP) is 7.20. The Kier molecular flexibility index (Phi) is 8.11. The minimum absolute atomic E-state index is 0.101. The Bertz CT molecular complexity index is 1520. The van der Waals surface area contributed by atoms with Gasteiger partial charge in [-0.15, -0.1) is 0 Å². The van der Waals surface area contributed by atoms with Gasteiger partial charge in [0.1, 0.15) is 18.0 Å². The average Bonchev–Trinajstić information content (AvgIpc) is 2.97. The Hall–Kier alpha value is -4.58. The topological polar surface area (TPSA) is 67.9 Å². The number of fused-ring (bicyclic) bond motifs is 1. The quantitative estimate of drug-likeness (QED) is 0.247. The molecule has 0 aliphatic carbocycles. The summed E-state index contributed by atoms with van der Waals surface area (Å²) in [4.78, 5) is 28.0. The van der Waals surface area contributed by atoms with Gasteiger partial charge < -0.3 is 19.7 Å². The molecule has 0 aromatic heterocycles. The minimum atomic E-state index is -0.562. The number of ether oxygens (including phenoxy) is 2. The van der Waals surface area contributed by atoms with Crippen LogP contribution in [0.2, 0.25) is 0 Å². The van der Waals surface area contributed by atoms with E-state index in [1.54, 1.807) is 6.07 Å². The van der Waals surface area contributed by atoms with E-state index in [2.05, 4.69) is 22.3 Å². The second-order valence-electron chi connectivity index (χ2n) is 11.3. The van der Waals surface area contributed by atoms with Gasteiger partial charge in [0.05, 0.1) is 23.8 Å². The molecule has 0 bridgehead atoms. The zero-order valence-electron chi connectivity index (χ0n) is 24.0. The van der Waals surface area contributed by atoms with Crippen molar-refractivity contribution in [2.24, 2.45) is 0 Å². The molecular formula is C35H36N2O4. The number of nitrogens with one attached hydrogen (secondary N) is 1. The van der Waals surface area contributed by atoms with E-state index in [1.807, 2.05) is 107 Å². The lowest BCUT2D eigenvalue weighted by molar-refractivity contribution is 0.00703. The fourth-order valence-electron chi connectivity index (χ4n) is 4.94. The molecule has 1 aliphatic rings. The third kappa shape index (κ3) is 6.77. The molecule has 0 saturated carbocycles. The summed E-state index contributed by atoms with van der Waals surface area (Å²) < 4.78 is 11.6. The normalized spacial score (nSPS) is 13.5. The first kappa shape index (κ1) is 28.0. The number of carbonyl (C=O) groups excluding carboxylic acids is 2. The lowest BCUT2D eigenvalue weighted by atomic mass is 9.98. The molecule has 0 saturated heterocycles. The Balaban J connectivity index is 1.28. The number of esters is 1. The fourth-order valence-corrected chi connectivity index (χ4v) is 4.94. The van der Waals surface area contributed by atoms with Gasteiger partial charge in [-0.05, 0) is 74.2 Å². The first-order valence-corrected chi connectivity index (χ1v) is 14.0. The van der Waals surface area contributed by atoms with E-state index in [9.17, 15) is 9.59 Å².